The van der Waals surface area contributed by atoms with E-state index < -0.39 is 0 Å². The van der Waals surface area contributed by atoms with E-state index in [2.05, 4.69) is 15.1 Å². The molecular weight excluding hydrogens is 416 g/mol. The van der Waals surface area contributed by atoms with Crippen LogP contribution < -0.4 is 15.1 Å². The average molecular weight is 443 g/mol. The summed E-state index contributed by atoms with van der Waals surface area (Å²) < 4.78 is 0. The minimum atomic E-state index is -0.379. The Labute approximate surface area is 187 Å². The lowest BCUT2D eigenvalue weighted by Crippen LogP contribution is -2.61. The lowest BCUT2D eigenvalue weighted by molar-refractivity contribution is -0.384. The summed E-state index contributed by atoms with van der Waals surface area (Å²) in [6, 6.07) is 12.8. The van der Waals surface area contributed by atoms with Crippen molar-refractivity contribution >= 4 is 34.6 Å². The molecule has 2 aliphatic rings. The van der Waals surface area contributed by atoms with Gasteiger partial charge in [-0.15, -0.1) is 0 Å². The van der Waals surface area contributed by atoms with Crippen LogP contribution in [0.2, 0.25) is 5.02 Å². The zero-order valence-corrected chi connectivity index (χ0v) is 18.5. The second-order valence-corrected chi connectivity index (χ2v) is 8.76. The molecule has 0 aliphatic carbocycles. The number of nitro groups is 1. The highest BCUT2D eigenvalue weighted by atomic mass is 35.5. The van der Waals surface area contributed by atoms with Gasteiger partial charge in [0.25, 0.3) is 5.69 Å². The molecule has 2 aromatic rings. The van der Waals surface area contributed by atoms with E-state index in [4.69, 9.17) is 11.6 Å². The Bertz CT molecular complexity index is 999. The summed E-state index contributed by atoms with van der Waals surface area (Å²) in [6.07, 6.45) is 1.33. The third-order valence-corrected chi connectivity index (χ3v) is 6.76. The zero-order chi connectivity index (χ0) is 22.1. The van der Waals surface area contributed by atoms with Gasteiger partial charge in [-0.25, -0.2) is 0 Å². The number of amides is 1. The predicted molar refractivity (Wildman–Crippen MR) is 123 cm³/mol. The minimum Gasteiger partial charge on any atom is -0.366 e. The summed E-state index contributed by atoms with van der Waals surface area (Å²) in [5.41, 5.74) is 2.88. The summed E-state index contributed by atoms with van der Waals surface area (Å²) in [7, 11) is 0. The van der Waals surface area contributed by atoms with Crippen molar-refractivity contribution in [1.29, 1.82) is 0 Å². The van der Waals surface area contributed by atoms with Crippen LogP contribution in [0, 0.1) is 16.0 Å². The highest BCUT2D eigenvalue weighted by molar-refractivity contribution is 6.33. The second kappa shape index (κ2) is 8.75. The van der Waals surface area contributed by atoms with Crippen LogP contribution in [0.15, 0.2) is 42.5 Å². The largest absolute Gasteiger partial charge is 0.366 e. The first-order valence-corrected chi connectivity index (χ1v) is 11.1. The highest BCUT2D eigenvalue weighted by Gasteiger charge is 2.42. The number of benzene rings is 2. The summed E-state index contributed by atoms with van der Waals surface area (Å²) in [4.78, 5) is 28.6. The SMILES string of the molecule is CCC(C)NC(=O)C1Cc2cc([N+](=O)[O-])ccc2N2CCN(c3ccccc3Cl)CC12. The molecule has 0 saturated carbocycles. The fourth-order valence-corrected chi connectivity index (χ4v) is 4.86. The lowest BCUT2D eigenvalue weighted by atomic mass is 9.83. The summed E-state index contributed by atoms with van der Waals surface area (Å²) in [5.74, 6) is -0.295. The van der Waals surface area contributed by atoms with Gasteiger partial charge in [0.2, 0.25) is 5.91 Å². The van der Waals surface area contributed by atoms with E-state index in [-0.39, 0.29) is 34.5 Å². The van der Waals surface area contributed by atoms with Crippen LogP contribution in [0.4, 0.5) is 17.1 Å². The molecule has 1 amide bonds. The van der Waals surface area contributed by atoms with Crippen LogP contribution in [0.25, 0.3) is 0 Å². The van der Waals surface area contributed by atoms with Gasteiger partial charge in [0.05, 0.1) is 27.6 Å². The van der Waals surface area contributed by atoms with E-state index in [0.717, 1.165) is 29.9 Å². The number of nitrogens with one attached hydrogen (secondary N) is 1. The minimum absolute atomic E-state index is 0.00233. The summed E-state index contributed by atoms with van der Waals surface area (Å²) in [6.45, 7) is 6.17. The molecular formula is C23H27ClN4O3. The van der Waals surface area contributed by atoms with Gasteiger partial charge in [0.1, 0.15) is 0 Å². The maximum Gasteiger partial charge on any atom is 0.269 e. The van der Waals surface area contributed by atoms with Crippen molar-refractivity contribution in [1.82, 2.24) is 5.32 Å². The van der Waals surface area contributed by atoms with E-state index >= 15 is 0 Å². The van der Waals surface area contributed by atoms with Crippen molar-refractivity contribution in [2.45, 2.75) is 38.8 Å². The average Bonchev–Trinajstić information content (AvgIpc) is 2.77. The Morgan fingerprint density at radius 1 is 1.26 bits per heavy atom. The van der Waals surface area contributed by atoms with E-state index in [1.54, 1.807) is 12.1 Å². The Morgan fingerprint density at radius 3 is 2.74 bits per heavy atom. The summed E-state index contributed by atoms with van der Waals surface area (Å²) in [5, 5.41) is 15.1. The van der Waals surface area contributed by atoms with Gasteiger partial charge in [-0.05, 0) is 43.5 Å². The van der Waals surface area contributed by atoms with Gasteiger partial charge in [0.15, 0.2) is 0 Å². The van der Waals surface area contributed by atoms with Gasteiger partial charge in [-0.2, -0.15) is 0 Å². The molecule has 7 nitrogen and oxygen atoms in total. The molecule has 164 valence electrons. The molecule has 0 spiro atoms. The van der Waals surface area contributed by atoms with Gasteiger partial charge in [0, 0.05) is 43.5 Å². The first-order valence-electron chi connectivity index (χ1n) is 10.7. The van der Waals surface area contributed by atoms with E-state index in [1.807, 2.05) is 44.2 Å². The molecule has 2 aromatic carbocycles. The van der Waals surface area contributed by atoms with Crippen molar-refractivity contribution in [3.05, 3.63) is 63.2 Å². The van der Waals surface area contributed by atoms with Crippen LogP contribution in [-0.4, -0.2) is 42.5 Å². The van der Waals surface area contributed by atoms with Crippen molar-refractivity contribution in [3.63, 3.8) is 0 Å². The predicted octanol–water partition coefficient (Wildman–Crippen LogP) is 4.03. The van der Waals surface area contributed by atoms with E-state index in [0.29, 0.717) is 24.5 Å². The number of halogens is 1. The van der Waals surface area contributed by atoms with Crippen molar-refractivity contribution < 1.29 is 9.72 Å². The van der Waals surface area contributed by atoms with Crippen LogP contribution in [0.5, 0.6) is 0 Å². The molecule has 4 rings (SSSR count). The molecule has 0 radical (unpaired) electrons. The first kappa shape index (κ1) is 21.4. The maximum absolute atomic E-state index is 13.2. The number of fused-ring (bicyclic) bond motifs is 3. The second-order valence-electron chi connectivity index (χ2n) is 8.36. The zero-order valence-electron chi connectivity index (χ0n) is 17.8. The smallest absolute Gasteiger partial charge is 0.269 e. The number of anilines is 2. The Hall–Kier alpha value is -2.80. The number of hydrogen-bond donors (Lipinski definition) is 1. The topological polar surface area (TPSA) is 78.7 Å². The maximum atomic E-state index is 13.2. The quantitative estimate of drug-likeness (QED) is 0.558. The number of nitrogens with zero attached hydrogens (tertiary/aromatic N) is 3. The molecule has 2 aliphatic heterocycles. The van der Waals surface area contributed by atoms with E-state index in [9.17, 15) is 14.9 Å². The monoisotopic (exact) mass is 442 g/mol. The number of piperazine rings is 1. The van der Waals surface area contributed by atoms with Crippen molar-refractivity contribution in [3.8, 4) is 0 Å². The van der Waals surface area contributed by atoms with Crippen LogP contribution >= 0.6 is 11.6 Å². The van der Waals surface area contributed by atoms with Crippen LogP contribution in [0.3, 0.4) is 0 Å². The van der Waals surface area contributed by atoms with Crippen LogP contribution in [-0.2, 0) is 11.2 Å². The molecule has 31 heavy (non-hydrogen) atoms. The third-order valence-electron chi connectivity index (χ3n) is 6.44. The number of nitro benzene ring substituents is 1. The number of non-ortho nitro benzene ring substituents is 1. The number of rotatable bonds is 5. The number of hydrogen-bond acceptors (Lipinski definition) is 5. The fraction of sp³-hybridized carbons (Fsp3) is 0.435. The van der Waals surface area contributed by atoms with Gasteiger partial charge in [-0.1, -0.05) is 30.7 Å². The molecule has 1 saturated heterocycles. The Balaban J connectivity index is 1.69. The number of para-hydroxylation sites is 1. The molecule has 3 unspecified atom stereocenters. The number of carbonyl (C=O) groups excluding carboxylic acids is 1. The molecule has 1 fully saturated rings. The lowest BCUT2D eigenvalue weighted by Gasteiger charge is -2.49. The summed E-state index contributed by atoms with van der Waals surface area (Å²) >= 11 is 6.45. The molecule has 0 aromatic heterocycles. The van der Waals surface area contributed by atoms with Crippen molar-refractivity contribution in [2.24, 2.45) is 5.92 Å². The Morgan fingerprint density at radius 2 is 2.03 bits per heavy atom. The molecule has 2 heterocycles. The van der Waals surface area contributed by atoms with Crippen LogP contribution in [0.1, 0.15) is 25.8 Å². The molecule has 0 bridgehead atoms. The van der Waals surface area contributed by atoms with E-state index in [1.165, 1.54) is 0 Å². The third kappa shape index (κ3) is 4.19. The Kier molecular flexibility index (Phi) is 6.05. The number of carbonyl (C=O) groups is 1. The van der Waals surface area contributed by atoms with Crippen molar-refractivity contribution in [2.75, 3.05) is 29.4 Å². The fourth-order valence-electron chi connectivity index (χ4n) is 4.60. The highest BCUT2D eigenvalue weighted by Crippen LogP contribution is 2.39. The van der Waals surface area contributed by atoms with Gasteiger partial charge < -0.3 is 15.1 Å². The molecule has 1 N–H and O–H groups in total. The molecule has 3 atom stereocenters. The van der Waals surface area contributed by atoms with Gasteiger partial charge in [-0.3, -0.25) is 14.9 Å². The standard InChI is InChI=1S/C23H27ClN4O3/c1-3-15(2)25-23(29)18-13-16-12-17(28(30)31)8-9-20(16)27-11-10-26(14-22(18)27)21-7-5-4-6-19(21)24/h4-9,12,15,18,22H,3,10-11,13-14H2,1-2H3,(H,25,29). The van der Waals surface area contributed by atoms with Gasteiger partial charge >= 0.3 is 0 Å². The molecule has 8 heteroatoms. The normalized spacial score (nSPS) is 21.1. The first-order chi connectivity index (χ1) is 14.9.